The number of halogens is 2. The van der Waals surface area contributed by atoms with Crippen LogP contribution in [0.5, 0.6) is 0 Å². The van der Waals surface area contributed by atoms with Crippen LogP contribution in [0.1, 0.15) is 11.1 Å². The highest BCUT2D eigenvalue weighted by molar-refractivity contribution is 7.92. The smallest absolute Gasteiger partial charge is 0.264 e. The number of anilines is 2. The quantitative estimate of drug-likeness (QED) is 0.847. The first-order valence-corrected chi connectivity index (χ1v) is 7.92. The number of hydrogen-bond acceptors (Lipinski definition) is 3. The van der Waals surface area contributed by atoms with Crippen LogP contribution in [0.4, 0.5) is 15.8 Å². The molecule has 3 N–H and O–H groups in total. The number of para-hydroxylation sites is 1. The van der Waals surface area contributed by atoms with Crippen LogP contribution in [0.15, 0.2) is 35.2 Å². The molecule has 0 aliphatic heterocycles. The number of aryl methyl sites for hydroxylation is 2. The molecule has 0 radical (unpaired) electrons. The zero-order chi connectivity index (χ0) is 15.8. The molecule has 0 aromatic heterocycles. The molecule has 0 atom stereocenters. The predicted molar refractivity (Wildman–Crippen MR) is 82.5 cm³/mol. The third-order valence-electron chi connectivity index (χ3n) is 3.04. The largest absolute Gasteiger partial charge is 0.396 e. The molecule has 0 saturated heterocycles. The Morgan fingerprint density at radius 2 is 1.76 bits per heavy atom. The van der Waals surface area contributed by atoms with Gasteiger partial charge in [0.05, 0.1) is 11.4 Å². The van der Waals surface area contributed by atoms with Crippen LogP contribution in [0.2, 0.25) is 5.02 Å². The number of rotatable bonds is 3. The second kappa shape index (κ2) is 5.54. The number of nitrogens with two attached hydrogens (primary N) is 1. The minimum atomic E-state index is -4.12. The molecule has 2 aromatic rings. The molecule has 0 aliphatic carbocycles. The van der Waals surface area contributed by atoms with Crippen molar-refractivity contribution in [3.8, 4) is 0 Å². The average Bonchev–Trinajstić information content (AvgIpc) is 2.38. The van der Waals surface area contributed by atoms with Gasteiger partial charge in [-0.05, 0) is 37.1 Å². The predicted octanol–water partition coefficient (Wildman–Crippen LogP) is 3.48. The third kappa shape index (κ3) is 3.11. The Kier molecular flexibility index (Phi) is 4.11. The minimum Gasteiger partial charge on any atom is -0.396 e. The lowest BCUT2D eigenvalue weighted by atomic mass is 10.1. The number of sulfonamides is 1. The number of benzene rings is 2. The monoisotopic (exact) mass is 328 g/mol. The molecule has 21 heavy (non-hydrogen) atoms. The first-order chi connectivity index (χ1) is 9.72. The first kappa shape index (κ1) is 15.6. The molecule has 4 nitrogen and oxygen atoms in total. The molecule has 0 amide bonds. The van der Waals surface area contributed by atoms with Crippen molar-refractivity contribution in [2.75, 3.05) is 10.5 Å². The van der Waals surface area contributed by atoms with Gasteiger partial charge in [-0.15, -0.1) is 0 Å². The van der Waals surface area contributed by atoms with Crippen LogP contribution in [0.3, 0.4) is 0 Å². The van der Waals surface area contributed by atoms with Gasteiger partial charge in [0.15, 0.2) is 5.82 Å². The van der Waals surface area contributed by atoms with Gasteiger partial charge in [-0.2, -0.15) is 0 Å². The Morgan fingerprint density at radius 3 is 2.33 bits per heavy atom. The van der Waals surface area contributed by atoms with E-state index in [1.807, 2.05) is 0 Å². The maximum Gasteiger partial charge on any atom is 0.264 e. The normalized spacial score (nSPS) is 11.4. The zero-order valence-corrected chi connectivity index (χ0v) is 13.0. The van der Waals surface area contributed by atoms with E-state index in [1.165, 1.54) is 0 Å². The van der Waals surface area contributed by atoms with Crippen LogP contribution < -0.4 is 10.5 Å². The highest BCUT2D eigenvalue weighted by Gasteiger charge is 2.23. The fourth-order valence-corrected chi connectivity index (χ4v) is 3.57. The van der Waals surface area contributed by atoms with Crippen molar-refractivity contribution >= 4 is 33.0 Å². The molecule has 0 bridgehead atoms. The Morgan fingerprint density at radius 1 is 1.19 bits per heavy atom. The van der Waals surface area contributed by atoms with E-state index >= 15 is 0 Å². The Hall–Kier alpha value is -1.79. The topological polar surface area (TPSA) is 72.2 Å². The molecule has 0 spiro atoms. The van der Waals surface area contributed by atoms with Gasteiger partial charge in [-0.1, -0.05) is 29.8 Å². The lowest BCUT2D eigenvalue weighted by Gasteiger charge is -2.14. The van der Waals surface area contributed by atoms with Gasteiger partial charge < -0.3 is 5.73 Å². The van der Waals surface area contributed by atoms with Crippen LogP contribution in [0, 0.1) is 19.7 Å². The van der Waals surface area contributed by atoms with Crippen molar-refractivity contribution < 1.29 is 12.8 Å². The molecule has 2 rings (SSSR count). The van der Waals surface area contributed by atoms with Gasteiger partial charge in [0.25, 0.3) is 10.0 Å². The van der Waals surface area contributed by atoms with Crippen LogP contribution in [-0.4, -0.2) is 8.42 Å². The molecule has 2 aromatic carbocycles. The molecular formula is C14H14ClFN2O2S. The summed E-state index contributed by atoms with van der Waals surface area (Å²) in [5, 5.41) is 0.0516. The summed E-state index contributed by atoms with van der Waals surface area (Å²) >= 11 is 5.75. The van der Waals surface area contributed by atoms with E-state index in [1.54, 1.807) is 32.0 Å². The molecule has 7 heteroatoms. The van der Waals surface area contributed by atoms with Crippen molar-refractivity contribution in [3.63, 3.8) is 0 Å². The van der Waals surface area contributed by atoms with Crippen molar-refractivity contribution in [2.45, 2.75) is 18.7 Å². The number of hydrogen-bond donors (Lipinski definition) is 2. The first-order valence-electron chi connectivity index (χ1n) is 6.06. The summed E-state index contributed by atoms with van der Waals surface area (Å²) in [5.41, 5.74) is 6.98. The highest BCUT2D eigenvalue weighted by atomic mass is 35.5. The maximum atomic E-state index is 14.0. The molecule has 0 saturated carbocycles. The molecule has 0 aliphatic rings. The van der Waals surface area contributed by atoms with Crippen LogP contribution in [-0.2, 0) is 10.0 Å². The summed E-state index contributed by atoms with van der Waals surface area (Å²) in [5.74, 6) is -1.02. The fraction of sp³-hybridized carbons (Fsp3) is 0.143. The summed E-state index contributed by atoms with van der Waals surface area (Å²) in [7, 11) is -4.12. The Balaban J connectivity index is 2.54. The van der Waals surface area contributed by atoms with E-state index in [4.69, 9.17) is 17.3 Å². The van der Waals surface area contributed by atoms with E-state index in [-0.39, 0.29) is 10.7 Å². The summed E-state index contributed by atoms with van der Waals surface area (Å²) in [6.07, 6.45) is 0. The highest BCUT2D eigenvalue weighted by Crippen LogP contribution is 2.28. The van der Waals surface area contributed by atoms with Gasteiger partial charge in [0, 0.05) is 5.02 Å². The summed E-state index contributed by atoms with van der Waals surface area (Å²) in [6, 6.07) is 7.51. The summed E-state index contributed by atoms with van der Waals surface area (Å²) in [4.78, 5) is -0.574. The standard InChI is InChI=1S/C14H14ClFN2O2S/c1-8-4-3-5-9(2)14(8)18-21(19,20)12-7-10(15)6-11(17)13(12)16/h3-7,18H,17H2,1-2H3. The average molecular weight is 329 g/mol. The molecule has 0 unspecified atom stereocenters. The Labute approximate surface area is 127 Å². The number of nitrogen functional groups attached to an aromatic ring is 1. The number of nitrogens with one attached hydrogen (secondary N) is 1. The van der Waals surface area contributed by atoms with Gasteiger partial charge in [-0.3, -0.25) is 4.72 Å². The minimum absolute atomic E-state index is 0.0516. The zero-order valence-electron chi connectivity index (χ0n) is 11.4. The van der Waals surface area contributed by atoms with Gasteiger partial charge in [0.2, 0.25) is 0 Å². The van der Waals surface area contributed by atoms with E-state index in [0.29, 0.717) is 5.69 Å². The summed E-state index contributed by atoms with van der Waals surface area (Å²) < 4.78 is 41.1. The van der Waals surface area contributed by atoms with Crippen molar-refractivity contribution in [1.29, 1.82) is 0 Å². The van der Waals surface area contributed by atoms with Crippen molar-refractivity contribution in [2.24, 2.45) is 0 Å². The third-order valence-corrected chi connectivity index (χ3v) is 4.61. The lowest BCUT2D eigenvalue weighted by Crippen LogP contribution is -2.17. The van der Waals surface area contributed by atoms with Gasteiger partial charge in [0.1, 0.15) is 4.90 Å². The fourth-order valence-electron chi connectivity index (χ4n) is 1.94. The van der Waals surface area contributed by atoms with E-state index in [9.17, 15) is 12.8 Å². The molecule has 112 valence electrons. The van der Waals surface area contributed by atoms with Crippen LogP contribution in [0.25, 0.3) is 0 Å². The van der Waals surface area contributed by atoms with Crippen molar-refractivity contribution in [1.82, 2.24) is 0 Å². The second-order valence-corrected chi connectivity index (χ2v) is 6.77. The van der Waals surface area contributed by atoms with E-state index < -0.39 is 20.7 Å². The van der Waals surface area contributed by atoms with E-state index in [0.717, 1.165) is 23.3 Å². The van der Waals surface area contributed by atoms with E-state index in [2.05, 4.69) is 4.72 Å². The molecular weight excluding hydrogens is 315 g/mol. The Bertz CT molecular complexity index is 787. The summed E-state index contributed by atoms with van der Waals surface area (Å²) in [6.45, 7) is 3.51. The van der Waals surface area contributed by atoms with Gasteiger partial charge in [-0.25, -0.2) is 12.8 Å². The second-order valence-electron chi connectivity index (χ2n) is 4.68. The SMILES string of the molecule is Cc1cccc(C)c1NS(=O)(=O)c1cc(Cl)cc(N)c1F. The lowest BCUT2D eigenvalue weighted by molar-refractivity contribution is 0.573. The maximum absolute atomic E-state index is 14.0. The van der Waals surface area contributed by atoms with Crippen molar-refractivity contribution in [3.05, 3.63) is 52.3 Å². The molecule has 0 heterocycles. The van der Waals surface area contributed by atoms with Gasteiger partial charge >= 0.3 is 0 Å². The molecule has 0 fully saturated rings. The van der Waals surface area contributed by atoms with Crippen LogP contribution >= 0.6 is 11.6 Å².